The molecule has 18 heavy (non-hydrogen) atoms. The number of hydrogen-bond acceptors (Lipinski definition) is 3. The molecule has 0 aliphatic heterocycles. The van der Waals surface area contributed by atoms with Gasteiger partial charge in [0.1, 0.15) is 5.75 Å². The minimum atomic E-state index is -0.0346. The van der Waals surface area contributed by atoms with Crippen LogP contribution in [0.15, 0.2) is 24.3 Å². The van der Waals surface area contributed by atoms with Crippen LogP contribution in [0.25, 0.3) is 0 Å². The number of carbonyl (C=O) groups excluding carboxylic acids is 1. The number of nitrogens with one attached hydrogen (secondary N) is 2. The van der Waals surface area contributed by atoms with Crippen molar-refractivity contribution in [2.24, 2.45) is 0 Å². The molecule has 1 aliphatic carbocycles. The summed E-state index contributed by atoms with van der Waals surface area (Å²) in [7, 11) is 1.60. The fraction of sp³-hybridized carbons (Fsp3) is 0.500. The number of para-hydroxylation sites is 2. The van der Waals surface area contributed by atoms with Gasteiger partial charge in [0.15, 0.2) is 0 Å². The van der Waals surface area contributed by atoms with Gasteiger partial charge < -0.3 is 15.4 Å². The zero-order valence-corrected chi connectivity index (χ0v) is 11.0. The highest BCUT2D eigenvalue weighted by molar-refractivity contribution is 5.93. The van der Waals surface area contributed by atoms with E-state index in [9.17, 15) is 4.79 Å². The van der Waals surface area contributed by atoms with Crippen LogP contribution in [0.3, 0.4) is 0 Å². The summed E-state index contributed by atoms with van der Waals surface area (Å²) in [5.74, 6) is 0.647. The van der Waals surface area contributed by atoms with E-state index >= 15 is 0 Å². The molecule has 1 amide bonds. The van der Waals surface area contributed by atoms with E-state index in [0.717, 1.165) is 12.8 Å². The second-order valence-corrected chi connectivity index (χ2v) is 5.02. The fourth-order valence-corrected chi connectivity index (χ4v) is 2.12. The van der Waals surface area contributed by atoms with Gasteiger partial charge in [-0.05, 0) is 38.3 Å². The van der Waals surface area contributed by atoms with Crippen LogP contribution >= 0.6 is 0 Å². The van der Waals surface area contributed by atoms with E-state index in [1.54, 1.807) is 7.11 Å². The van der Waals surface area contributed by atoms with Gasteiger partial charge in [-0.15, -0.1) is 0 Å². The Kier molecular flexibility index (Phi) is 3.87. The van der Waals surface area contributed by atoms with E-state index in [1.807, 2.05) is 24.3 Å². The molecule has 0 bridgehead atoms. The summed E-state index contributed by atoms with van der Waals surface area (Å²) in [5.41, 5.74) is 0.864. The third-order valence-corrected chi connectivity index (χ3v) is 3.51. The standard InChI is InChI=1S/C14H20N2O2/c1-14(8-5-9-14)15-10-13(17)16-11-6-3-4-7-12(11)18-2/h3-4,6-7,15H,5,8-10H2,1-2H3,(H,16,17). The summed E-state index contributed by atoms with van der Waals surface area (Å²) in [6.45, 7) is 2.50. The van der Waals surface area contributed by atoms with E-state index < -0.39 is 0 Å². The van der Waals surface area contributed by atoms with Crippen LogP contribution in [-0.2, 0) is 4.79 Å². The highest BCUT2D eigenvalue weighted by Crippen LogP contribution is 2.30. The van der Waals surface area contributed by atoms with E-state index in [2.05, 4.69) is 17.6 Å². The molecule has 1 aromatic rings. The molecule has 2 N–H and O–H groups in total. The number of carbonyl (C=O) groups is 1. The van der Waals surface area contributed by atoms with E-state index in [0.29, 0.717) is 18.0 Å². The highest BCUT2D eigenvalue weighted by Gasteiger charge is 2.31. The minimum Gasteiger partial charge on any atom is -0.495 e. The molecule has 1 saturated carbocycles. The van der Waals surface area contributed by atoms with Crippen molar-refractivity contribution in [3.8, 4) is 5.75 Å². The maximum Gasteiger partial charge on any atom is 0.238 e. The van der Waals surface area contributed by atoms with Gasteiger partial charge in [0.05, 0.1) is 19.3 Å². The van der Waals surface area contributed by atoms with Gasteiger partial charge in [-0.25, -0.2) is 0 Å². The molecule has 4 nitrogen and oxygen atoms in total. The fourth-order valence-electron chi connectivity index (χ4n) is 2.12. The van der Waals surface area contributed by atoms with Gasteiger partial charge in [0.2, 0.25) is 5.91 Å². The summed E-state index contributed by atoms with van der Waals surface area (Å²) >= 11 is 0. The summed E-state index contributed by atoms with van der Waals surface area (Å²) < 4.78 is 5.19. The number of ether oxygens (including phenoxy) is 1. The molecule has 0 saturated heterocycles. The van der Waals surface area contributed by atoms with Crippen molar-refractivity contribution in [2.45, 2.75) is 31.7 Å². The smallest absolute Gasteiger partial charge is 0.238 e. The quantitative estimate of drug-likeness (QED) is 0.839. The predicted octanol–water partition coefficient (Wildman–Crippen LogP) is 2.17. The lowest BCUT2D eigenvalue weighted by Gasteiger charge is -2.39. The zero-order chi connectivity index (χ0) is 13.0. The van der Waals surface area contributed by atoms with E-state index in [4.69, 9.17) is 4.74 Å². The Morgan fingerprint density at radius 1 is 1.39 bits per heavy atom. The summed E-state index contributed by atoms with van der Waals surface area (Å²) in [6.07, 6.45) is 3.54. The molecule has 1 aromatic carbocycles. The van der Waals surface area contributed by atoms with Crippen molar-refractivity contribution < 1.29 is 9.53 Å². The Hall–Kier alpha value is -1.55. The molecule has 0 heterocycles. The Morgan fingerprint density at radius 3 is 2.72 bits per heavy atom. The maximum absolute atomic E-state index is 11.8. The summed E-state index contributed by atoms with van der Waals surface area (Å²) in [4.78, 5) is 11.8. The molecule has 98 valence electrons. The van der Waals surface area contributed by atoms with Crippen molar-refractivity contribution in [1.29, 1.82) is 0 Å². The lowest BCUT2D eigenvalue weighted by Crippen LogP contribution is -2.50. The number of rotatable bonds is 5. The molecular weight excluding hydrogens is 228 g/mol. The average Bonchev–Trinajstić information content (AvgIpc) is 2.35. The number of anilines is 1. The first-order chi connectivity index (χ1) is 8.63. The largest absolute Gasteiger partial charge is 0.495 e. The van der Waals surface area contributed by atoms with Crippen LogP contribution in [-0.4, -0.2) is 25.1 Å². The Labute approximate surface area is 108 Å². The minimum absolute atomic E-state index is 0.0346. The van der Waals surface area contributed by atoms with Gasteiger partial charge >= 0.3 is 0 Å². The van der Waals surface area contributed by atoms with Crippen molar-refractivity contribution in [1.82, 2.24) is 5.32 Å². The van der Waals surface area contributed by atoms with Crippen molar-refractivity contribution in [3.63, 3.8) is 0 Å². The van der Waals surface area contributed by atoms with Crippen LogP contribution in [0.4, 0.5) is 5.69 Å². The SMILES string of the molecule is COc1ccccc1NC(=O)CNC1(C)CCC1. The van der Waals surface area contributed by atoms with Gasteiger partial charge in [0.25, 0.3) is 0 Å². The molecular formula is C14H20N2O2. The van der Waals surface area contributed by atoms with Crippen LogP contribution < -0.4 is 15.4 Å². The van der Waals surface area contributed by atoms with Gasteiger partial charge in [-0.2, -0.15) is 0 Å². The highest BCUT2D eigenvalue weighted by atomic mass is 16.5. The first kappa shape index (κ1) is 12.9. The Balaban J connectivity index is 1.86. The van der Waals surface area contributed by atoms with Crippen molar-refractivity contribution in [2.75, 3.05) is 19.0 Å². The first-order valence-electron chi connectivity index (χ1n) is 6.31. The summed E-state index contributed by atoms with van der Waals surface area (Å²) in [6, 6.07) is 7.42. The molecule has 0 spiro atoms. The van der Waals surface area contributed by atoms with Crippen LogP contribution in [0.1, 0.15) is 26.2 Å². The third kappa shape index (κ3) is 3.01. The number of methoxy groups -OCH3 is 1. The number of benzene rings is 1. The van der Waals surface area contributed by atoms with Crippen molar-refractivity contribution in [3.05, 3.63) is 24.3 Å². The molecule has 1 aliphatic rings. The topological polar surface area (TPSA) is 50.4 Å². The van der Waals surface area contributed by atoms with E-state index in [1.165, 1.54) is 6.42 Å². The lowest BCUT2D eigenvalue weighted by atomic mass is 9.78. The lowest BCUT2D eigenvalue weighted by molar-refractivity contribution is -0.115. The number of amides is 1. The monoisotopic (exact) mass is 248 g/mol. The summed E-state index contributed by atoms with van der Waals surface area (Å²) in [5, 5.41) is 6.16. The molecule has 0 aromatic heterocycles. The zero-order valence-electron chi connectivity index (χ0n) is 11.0. The normalized spacial score (nSPS) is 16.8. The molecule has 0 unspecified atom stereocenters. The second kappa shape index (κ2) is 5.40. The average molecular weight is 248 g/mol. The van der Waals surface area contributed by atoms with Crippen molar-refractivity contribution >= 4 is 11.6 Å². The van der Waals surface area contributed by atoms with Crippen LogP contribution in [0.5, 0.6) is 5.75 Å². The molecule has 0 radical (unpaired) electrons. The first-order valence-corrected chi connectivity index (χ1v) is 6.31. The second-order valence-electron chi connectivity index (χ2n) is 5.02. The molecule has 0 atom stereocenters. The molecule has 4 heteroatoms. The maximum atomic E-state index is 11.8. The Morgan fingerprint density at radius 2 is 2.11 bits per heavy atom. The van der Waals surface area contributed by atoms with Gasteiger partial charge in [-0.1, -0.05) is 12.1 Å². The molecule has 1 fully saturated rings. The van der Waals surface area contributed by atoms with Gasteiger partial charge in [-0.3, -0.25) is 4.79 Å². The van der Waals surface area contributed by atoms with E-state index in [-0.39, 0.29) is 11.4 Å². The third-order valence-electron chi connectivity index (χ3n) is 3.51. The number of hydrogen-bond donors (Lipinski definition) is 2. The molecule has 2 rings (SSSR count). The van der Waals surface area contributed by atoms with Crippen LogP contribution in [0, 0.1) is 0 Å². The van der Waals surface area contributed by atoms with Gasteiger partial charge in [0, 0.05) is 5.54 Å². The predicted molar refractivity (Wildman–Crippen MR) is 71.9 cm³/mol. The Bertz CT molecular complexity index is 428. The van der Waals surface area contributed by atoms with Crippen LogP contribution in [0.2, 0.25) is 0 Å².